The van der Waals surface area contributed by atoms with E-state index in [1.807, 2.05) is 44.3 Å². The standard InChI is InChI=1S/C25H25N5O3S/c1-16-23-21(14-22(18-6-4-3-5-7-18)27-24(23)30(2)28-16)25(31)26-15-17-8-12-20(13-9-17)34(32,33)29-19-10-11-19/h3-9,12-14,19,29H,10-11,15H2,1-2H3,(H,26,31). The fraction of sp³-hybridized carbons (Fsp3) is 0.240. The number of rotatable bonds is 7. The van der Waals surface area contributed by atoms with E-state index in [0.29, 0.717) is 22.3 Å². The molecule has 0 aliphatic heterocycles. The lowest BCUT2D eigenvalue weighted by Gasteiger charge is -2.10. The number of hydrogen-bond acceptors (Lipinski definition) is 5. The Balaban J connectivity index is 1.39. The minimum atomic E-state index is -3.50. The summed E-state index contributed by atoms with van der Waals surface area (Å²) >= 11 is 0. The molecule has 1 aliphatic carbocycles. The molecule has 1 fully saturated rings. The number of sulfonamides is 1. The maximum absolute atomic E-state index is 13.2. The second-order valence-electron chi connectivity index (χ2n) is 8.55. The van der Waals surface area contributed by atoms with Crippen LogP contribution < -0.4 is 10.0 Å². The molecule has 1 saturated carbocycles. The van der Waals surface area contributed by atoms with Crippen molar-refractivity contribution in [2.24, 2.45) is 7.05 Å². The molecule has 2 aromatic carbocycles. The highest BCUT2D eigenvalue weighted by molar-refractivity contribution is 7.89. The van der Waals surface area contributed by atoms with Crippen LogP contribution in [0.4, 0.5) is 0 Å². The molecule has 34 heavy (non-hydrogen) atoms. The predicted molar refractivity (Wildman–Crippen MR) is 130 cm³/mol. The summed E-state index contributed by atoms with van der Waals surface area (Å²) in [6.45, 7) is 2.12. The zero-order valence-electron chi connectivity index (χ0n) is 18.9. The van der Waals surface area contributed by atoms with Gasteiger partial charge in [-0.1, -0.05) is 42.5 Å². The number of fused-ring (bicyclic) bond motifs is 1. The molecule has 0 bridgehead atoms. The summed E-state index contributed by atoms with van der Waals surface area (Å²) in [5, 5.41) is 8.12. The maximum Gasteiger partial charge on any atom is 0.252 e. The molecule has 5 rings (SSSR count). The molecule has 0 unspecified atom stereocenters. The van der Waals surface area contributed by atoms with Crippen LogP contribution in [0.3, 0.4) is 0 Å². The minimum absolute atomic E-state index is 0.0536. The predicted octanol–water partition coefficient (Wildman–Crippen LogP) is 3.31. The Kier molecular flexibility index (Phi) is 5.66. The summed E-state index contributed by atoms with van der Waals surface area (Å²) in [5.41, 5.74) is 4.28. The van der Waals surface area contributed by atoms with Gasteiger partial charge in [-0.2, -0.15) is 5.10 Å². The molecular formula is C25H25N5O3S. The van der Waals surface area contributed by atoms with Crippen LogP contribution in [0.15, 0.2) is 65.6 Å². The lowest BCUT2D eigenvalue weighted by atomic mass is 10.0. The third kappa shape index (κ3) is 4.44. The number of carbonyl (C=O) groups excluding carboxylic acids is 1. The lowest BCUT2D eigenvalue weighted by Crippen LogP contribution is -2.26. The van der Waals surface area contributed by atoms with Crippen LogP contribution in [0.5, 0.6) is 0 Å². The Morgan fingerprint density at radius 2 is 1.79 bits per heavy atom. The lowest BCUT2D eigenvalue weighted by molar-refractivity contribution is 0.0952. The van der Waals surface area contributed by atoms with E-state index in [0.717, 1.165) is 29.7 Å². The number of carbonyl (C=O) groups is 1. The van der Waals surface area contributed by atoms with Crippen LogP contribution in [-0.2, 0) is 23.6 Å². The fourth-order valence-electron chi connectivity index (χ4n) is 3.93. The van der Waals surface area contributed by atoms with Gasteiger partial charge >= 0.3 is 0 Å². The highest BCUT2D eigenvalue weighted by atomic mass is 32.2. The molecule has 2 N–H and O–H groups in total. The van der Waals surface area contributed by atoms with Gasteiger partial charge in [0.1, 0.15) is 0 Å². The van der Waals surface area contributed by atoms with Gasteiger partial charge in [0.05, 0.1) is 27.2 Å². The number of aryl methyl sites for hydroxylation is 2. The van der Waals surface area contributed by atoms with E-state index in [-0.39, 0.29) is 23.4 Å². The molecule has 0 spiro atoms. The summed E-state index contributed by atoms with van der Waals surface area (Å²) in [6, 6.07) is 18.1. The number of benzene rings is 2. The smallest absolute Gasteiger partial charge is 0.252 e. The van der Waals surface area contributed by atoms with Gasteiger partial charge < -0.3 is 5.32 Å². The van der Waals surface area contributed by atoms with Crippen LogP contribution in [0, 0.1) is 6.92 Å². The highest BCUT2D eigenvalue weighted by Gasteiger charge is 2.27. The van der Waals surface area contributed by atoms with Crippen molar-refractivity contribution in [3.8, 4) is 11.3 Å². The molecule has 0 saturated heterocycles. The third-order valence-corrected chi connectivity index (χ3v) is 7.41. The van der Waals surface area contributed by atoms with E-state index in [2.05, 4.69) is 15.1 Å². The first-order valence-electron chi connectivity index (χ1n) is 11.1. The Morgan fingerprint density at radius 3 is 2.47 bits per heavy atom. The monoisotopic (exact) mass is 475 g/mol. The van der Waals surface area contributed by atoms with Gasteiger partial charge in [0.15, 0.2) is 5.65 Å². The molecule has 8 nitrogen and oxygen atoms in total. The summed E-state index contributed by atoms with van der Waals surface area (Å²) in [7, 11) is -1.69. The van der Waals surface area contributed by atoms with Gasteiger partial charge in [-0.05, 0) is 43.5 Å². The Bertz CT molecular complexity index is 1470. The first kappa shape index (κ1) is 22.2. The second kappa shape index (κ2) is 8.66. The van der Waals surface area contributed by atoms with Crippen LogP contribution >= 0.6 is 0 Å². The molecule has 2 aromatic heterocycles. The van der Waals surface area contributed by atoms with Gasteiger partial charge in [-0.3, -0.25) is 9.48 Å². The Labute approximate surface area is 198 Å². The first-order chi connectivity index (χ1) is 16.3. The van der Waals surface area contributed by atoms with Crippen molar-refractivity contribution in [3.05, 3.63) is 77.5 Å². The van der Waals surface area contributed by atoms with E-state index in [9.17, 15) is 13.2 Å². The number of nitrogens with one attached hydrogen (secondary N) is 2. The first-order valence-corrected chi connectivity index (χ1v) is 12.6. The van der Waals surface area contributed by atoms with Gasteiger partial charge in [0, 0.05) is 25.2 Å². The van der Waals surface area contributed by atoms with Gasteiger partial charge in [-0.25, -0.2) is 18.1 Å². The summed E-state index contributed by atoms with van der Waals surface area (Å²) in [4.78, 5) is 18.2. The molecule has 0 radical (unpaired) electrons. The van der Waals surface area contributed by atoms with Crippen molar-refractivity contribution < 1.29 is 13.2 Å². The third-order valence-electron chi connectivity index (χ3n) is 5.87. The zero-order chi connectivity index (χ0) is 23.9. The van der Waals surface area contributed by atoms with Crippen molar-refractivity contribution in [1.29, 1.82) is 0 Å². The topological polar surface area (TPSA) is 106 Å². The number of nitrogens with zero attached hydrogens (tertiary/aromatic N) is 3. The summed E-state index contributed by atoms with van der Waals surface area (Å²) in [6.07, 6.45) is 1.77. The maximum atomic E-state index is 13.2. The van der Waals surface area contributed by atoms with Gasteiger partial charge in [-0.15, -0.1) is 0 Å². The average molecular weight is 476 g/mol. The summed E-state index contributed by atoms with van der Waals surface area (Å²) in [5.74, 6) is -0.243. The number of pyridine rings is 1. The molecule has 9 heteroatoms. The van der Waals surface area contributed by atoms with Gasteiger partial charge in [0.2, 0.25) is 10.0 Å². The summed E-state index contributed by atoms with van der Waals surface area (Å²) < 4.78 is 29.1. The highest BCUT2D eigenvalue weighted by Crippen LogP contribution is 2.27. The van der Waals surface area contributed by atoms with E-state index < -0.39 is 10.0 Å². The number of hydrogen-bond donors (Lipinski definition) is 2. The van der Waals surface area contributed by atoms with Gasteiger partial charge in [0.25, 0.3) is 5.91 Å². The molecule has 4 aromatic rings. The largest absolute Gasteiger partial charge is 0.348 e. The fourth-order valence-corrected chi connectivity index (χ4v) is 5.24. The van der Waals surface area contributed by atoms with E-state index in [1.54, 1.807) is 35.0 Å². The molecule has 1 aliphatic rings. The molecule has 2 heterocycles. The van der Waals surface area contributed by atoms with Crippen molar-refractivity contribution in [1.82, 2.24) is 24.8 Å². The van der Waals surface area contributed by atoms with Crippen LogP contribution in [0.2, 0.25) is 0 Å². The average Bonchev–Trinajstić information content (AvgIpc) is 3.60. The van der Waals surface area contributed by atoms with Crippen LogP contribution in [0.25, 0.3) is 22.3 Å². The molecular weight excluding hydrogens is 450 g/mol. The van der Waals surface area contributed by atoms with Crippen molar-refractivity contribution in [2.45, 2.75) is 37.2 Å². The van der Waals surface area contributed by atoms with Crippen molar-refractivity contribution in [2.75, 3.05) is 0 Å². The molecule has 1 amide bonds. The van der Waals surface area contributed by atoms with Crippen molar-refractivity contribution >= 4 is 27.0 Å². The quantitative estimate of drug-likeness (QED) is 0.427. The molecule has 174 valence electrons. The van der Waals surface area contributed by atoms with E-state index >= 15 is 0 Å². The number of aromatic nitrogens is 3. The van der Waals surface area contributed by atoms with Crippen LogP contribution in [-0.4, -0.2) is 35.1 Å². The van der Waals surface area contributed by atoms with E-state index in [1.165, 1.54) is 0 Å². The SMILES string of the molecule is Cc1nn(C)c2nc(-c3ccccc3)cc(C(=O)NCc3ccc(S(=O)(=O)NC4CC4)cc3)c12. The minimum Gasteiger partial charge on any atom is -0.348 e. The normalized spacial score (nSPS) is 13.8. The second-order valence-corrected chi connectivity index (χ2v) is 10.3. The van der Waals surface area contributed by atoms with Crippen LogP contribution in [0.1, 0.15) is 34.5 Å². The van der Waals surface area contributed by atoms with Crippen molar-refractivity contribution in [3.63, 3.8) is 0 Å². The zero-order valence-corrected chi connectivity index (χ0v) is 19.8. The number of amides is 1. The van der Waals surface area contributed by atoms with E-state index in [4.69, 9.17) is 4.98 Å². The Morgan fingerprint density at radius 1 is 1.09 bits per heavy atom. The Hall–Kier alpha value is -3.56. The molecule has 0 atom stereocenters.